The monoisotopic (exact) mass is 632 g/mol. The maximum Gasteiger partial charge on any atom is 0.0921 e. The van der Waals surface area contributed by atoms with E-state index in [1.807, 2.05) is 6.92 Å². The third kappa shape index (κ3) is 5.57. The summed E-state index contributed by atoms with van der Waals surface area (Å²) in [7, 11) is 0. The molecule has 208 valence electrons. The van der Waals surface area contributed by atoms with Crippen molar-refractivity contribution >= 4 is 31.9 Å². The first-order chi connectivity index (χ1) is 16.5. The zero-order valence-corrected chi connectivity index (χ0v) is 27.0. The summed E-state index contributed by atoms with van der Waals surface area (Å²) in [6, 6.07) is 0. The lowest BCUT2D eigenvalue weighted by molar-refractivity contribution is -0.260. The van der Waals surface area contributed by atoms with E-state index in [1.54, 1.807) is 0 Å². The summed E-state index contributed by atoms with van der Waals surface area (Å²) in [5, 5.41) is 11.7. The standard InChI is InChI=1S/C30H50Br2O4/c1-19-9-10-21(31)26(2,3)20(19)13-16-28(6,33)23-11-12-24-30(8,35-23)18-15-25-29(7,36-24)17-14-22(32)27(4,5)34-25/h9,20-25,33H,10-18H2,1-8H3/t20-,21+,22+,23+,24-,25-,28?,29+,30+/m0/s1. The minimum Gasteiger partial charge on any atom is -0.387 e. The molecule has 0 amide bonds. The number of hydrogen-bond donors (Lipinski definition) is 1. The molecule has 0 bridgehead atoms. The highest BCUT2D eigenvalue weighted by molar-refractivity contribution is 9.09. The van der Waals surface area contributed by atoms with Crippen molar-refractivity contribution in [1.82, 2.24) is 0 Å². The average molecular weight is 635 g/mol. The van der Waals surface area contributed by atoms with Crippen molar-refractivity contribution < 1.29 is 19.3 Å². The highest BCUT2D eigenvalue weighted by Gasteiger charge is 2.55. The fourth-order valence-corrected chi connectivity index (χ4v) is 8.22. The molecule has 1 N–H and O–H groups in total. The zero-order chi connectivity index (χ0) is 26.7. The molecular weight excluding hydrogens is 584 g/mol. The Morgan fingerprint density at radius 1 is 0.889 bits per heavy atom. The maximum atomic E-state index is 11.7. The lowest BCUT2D eigenvalue weighted by atomic mass is 9.66. The predicted molar refractivity (Wildman–Crippen MR) is 154 cm³/mol. The molecule has 3 heterocycles. The normalized spacial score (nSPS) is 46.4. The van der Waals surface area contributed by atoms with Crippen LogP contribution in [0.15, 0.2) is 11.6 Å². The van der Waals surface area contributed by atoms with E-state index in [0.717, 1.165) is 57.8 Å². The van der Waals surface area contributed by atoms with Crippen LogP contribution in [0.25, 0.3) is 0 Å². The van der Waals surface area contributed by atoms with Crippen LogP contribution in [0.4, 0.5) is 0 Å². The van der Waals surface area contributed by atoms with Crippen molar-refractivity contribution in [3.05, 3.63) is 11.6 Å². The van der Waals surface area contributed by atoms with Crippen molar-refractivity contribution in [3.63, 3.8) is 0 Å². The molecule has 4 nitrogen and oxygen atoms in total. The molecule has 6 heteroatoms. The van der Waals surface area contributed by atoms with Crippen LogP contribution < -0.4 is 0 Å². The van der Waals surface area contributed by atoms with Crippen LogP contribution in [0.5, 0.6) is 0 Å². The van der Waals surface area contributed by atoms with Gasteiger partial charge in [-0.15, -0.1) is 0 Å². The molecule has 3 saturated heterocycles. The molecule has 1 aliphatic carbocycles. The van der Waals surface area contributed by atoms with E-state index in [4.69, 9.17) is 14.2 Å². The van der Waals surface area contributed by atoms with Gasteiger partial charge < -0.3 is 19.3 Å². The molecule has 0 spiro atoms. The van der Waals surface area contributed by atoms with E-state index in [1.165, 1.54) is 5.57 Å². The number of aliphatic hydroxyl groups is 1. The average Bonchev–Trinajstić information content (AvgIpc) is 2.93. The Balaban J connectivity index is 1.46. The van der Waals surface area contributed by atoms with Gasteiger partial charge in [0.25, 0.3) is 0 Å². The highest BCUT2D eigenvalue weighted by atomic mass is 79.9. The predicted octanol–water partition coefficient (Wildman–Crippen LogP) is 7.87. The second-order valence-electron chi connectivity index (χ2n) is 14.1. The van der Waals surface area contributed by atoms with E-state index >= 15 is 0 Å². The summed E-state index contributed by atoms with van der Waals surface area (Å²) >= 11 is 7.78. The van der Waals surface area contributed by atoms with Gasteiger partial charge in [-0.05, 0) is 111 Å². The minimum atomic E-state index is -0.869. The number of rotatable bonds is 4. The van der Waals surface area contributed by atoms with Gasteiger partial charge >= 0.3 is 0 Å². The van der Waals surface area contributed by atoms with Gasteiger partial charge in [0.2, 0.25) is 0 Å². The fourth-order valence-electron chi connectivity index (χ4n) is 7.38. The van der Waals surface area contributed by atoms with Gasteiger partial charge in [0, 0.05) is 9.65 Å². The van der Waals surface area contributed by atoms with Crippen LogP contribution in [-0.4, -0.2) is 55.5 Å². The first-order valence-electron chi connectivity index (χ1n) is 14.2. The summed E-state index contributed by atoms with van der Waals surface area (Å²) in [6.07, 6.45) is 10.6. The number of hydrogen-bond acceptors (Lipinski definition) is 4. The smallest absolute Gasteiger partial charge is 0.0921 e. The summed E-state index contributed by atoms with van der Waals surface area (Å²) in [4.78, 5) is 0.789. The van der Waals surface area contributed by atoms with Crippen molar-refractivity contribution in [1.29, 1.82) is 0 Å². The van der Waals surface area contributed by atoms with Gasteiger partial charge in [-0.25, -0.2) is 0 Å². The molecule has 1 unspecified atom stereocenters. The van der Waals surface area contributed by atoms with Crippen molar-refractivity contribution in [2.45, 2.75) is 164 Å². The topological polar surface area (TPSA) is 47.9 Å². The summed E-state index contributed by atoms with van der Waals surface area (Å²) in [5.74, 6) is 0.459. The van der Waals surface area contributed by atoms with E-state index in [-0.39, 0.29) is 34.9 Å². The molecule has 4 aliphatic rings. The van der Waals surface area contributed by atoms with Gasteiger partial charge in [0.05, 0.1) is 40.7 Å². The molecule has 36 heavy (non-hydrogen) atoms. The van der Waals surface area contributed by atoms with Crippen molar-refractivity contribution in [2.75, 3.05) is 0 Å². The number of ether oxygens (including phenoxy) is 3. The Morgan fingerprint density at radius 3 is 2.19 bits per heavy atom. The molecule has 4 rings (SSSR count). The Hall–Kier alpha value is 0.540. The van der Waals surface area contributed by atoms with E-state index in [0.29, 0.717) is 15.6 Å². The van der Waals surface area contributed by atoms with Crippen LogP contribution in [0, 0.1) is 11.3 Å². The number of alkyl halides is 2. The van der Waals surface area contributed by atoms with E-state index in [2.05, 4.69) is 86.4 Å². The maximum absolute atomic E-state index is 11.7. The third-order valence-electron chi connectivity index (χ3n) is 10.4. The van der Waals surface area contributed by atoms with Gasteiger partial charge in [0.15, 0.2) is 0 Å². The van der Waals surface area contributed by atoms with Gasteiger partial charge in [-0.1, -0.05) is 57.4 Å². The zero-order valence-electron chi connectivity index (χ0n) is 23.8. The molecular formula is C30H50Br2O4. The highest BCUT2D eigenvalue weighted by Crippen LogP contribution is 2.50. The first kappa shape index (κ1) is 29.5. The van der Waals surface area contributed by atoms with E-state index in [9.17, 15) is 5.11 Å². The molecule has 0 aromatic carbocycles. The van der Waals surface area contributed by atoms with Gasteiger partial charge in [-0.3, -0.25) is 0 Å². The van der Waals surface area contributed by atoms with Crippen LogP contribution in [0.3, 0.4) is 0 Å². The lowest BCUT2D eigenvalue weighted by Crippen LogP contribution is -2.57. The van der Waals surface area contributed by atoms with Crippen LogP contribution >= 0.6 is 31.9 Å². The van der Waals surface area contributed by atoms with E-state index < -0.39 is 11.2 Å². The largest absolute Gasteiger partial charge is 0.387 e. The number of halogens is 2. The Bertz CT molecular complexity index is 839. The number of fused-ring (bicyclic) bond motifs is 2. The van der Waals surface area contributed by atoms with Crippen molar-refractivity contribution in [3.8, 4) is 0 Å². The molecule has 0 saturated carbocycles. The van der Waals surface area contributed by atoms with Crippen LogP contribution in [0.2, 0.25) is 0 Å². The van der Waals surface area contributed by atoms with Crippen molar-refractivity contribution in [2.24, 2.45) is 11.3 Å². The second kappa shape index (κ2) is 10.2. The molecule has 3 aliphatic heterocycles. The molecule has 0 aromatic heterocycles. The van der Waals surface area contributed by atoms with Gasteiger partial charge in [-0.2, -0.15) is 0 Å². The Morgan fingerprint density at radius 2 is 1.50 bits per heavy atom. The molecule has 9 atom stereocenters. The SMILES string of the molecule is CC1=CC[C@@H](Br)C(C)(C)[C@H]1CCC(C)(O)[C@H]1CC[C@@H]2O[C@]3(C)CC[C@@H](Br)C(C)(C)O[C@H]3CC[C@@]2(C)O1. The Labute approximate surface area is 236 Å². The van der Waals surface area contributed by atoms with Crippen LogP contribution in [0.1, 0.15) is 113 Å². The van der Waals surface area contributed by atoms with Crippen LogP contribution in [-0.2, 0) is 14.2 Å². The minimum absolute atomic E-state index is 0.0229. The molecule has 0 aromatic rings. The summed E-state index contributed by atoms with van der Waals surface area (Å²) in [6.45, 7) is 17.8. The third-order valence-corrected chi connectivity index (χ3v) is 13.5. The Kier molecular flexibility index (Phi) is 8.35. The molecule has 0 radical (unpaired) electrons. The summed E-state index contributed by atoms with van der Waals surface area (Å²) < 4.78 is 20.5. The number of allylic oxidation sites excluding steroid dienone is 2. The quantitative estimate of drug-likeness (QED) is 0.253. The van der Waals surface area contributed by atoms with Gasteiger partial charge in [0.1, 0.15) is 0 Å². The molecule has 3 fully saturated rings. The fraction of sp³-hybridized carbons (Fsp3) is 0.933. The second-order valence-corrected chi connectivity index (χ2v) is 16.3. The first-order valence-corrected chi connectivity index (χ1v) is 16.0. The summed E-state index contributed by atoms with van der Waals surface area (Å²) in [5.41, 5.74) is -0.204. The lowest BCUT2D eigenvalue weighted by Gasteiger charge is -2.49.